The molecule has 0 radical (unpaired) electrons. The van der Waals surface area contributed by atoms with Crippen molar-refractivity contribution in [1.82, 2.24) is 10.7 Å². The monoisotopic (exact) mass is 317 g/mol. The zero-order chi connectivity index (χ0) is 15.6. The number of nitrogens with zero attached hydrogens (tertiary/aromatic N) is 1. The smallest absolute Gasteiger partial charge is 0.187 e. The Bertz CT molecular complexity index is 507. The molecule has 22 heavy (non-hydrogen) atoms. The van der Waals surface area contributed by atoms with Gasteiger partial charge in [0.15, 0.2) is 5.11 Å². The summed E-state index contributed by atoms with van der Waals surface area (Å²) in [7, 11) is 0. The van der Waals surface area contributed by atoms with Crippen molar-refractivity contribution < 1.29 is 4.74 Å². The molecule has 1 fully saturated rings. The molecule has 0 saturated heterocycles. The van der Waals surface area contributed by atoms with Crippen molar-refractivity contribution in [3.8, 4) is 5.75 Å². The van der Waals surface area contributed by atoms with Crippen LogP contribution in [0.5, 0.6) is 5.75 Å². The van der Waals surface area contributed by atoms with Gasteiger partial charge in [-0.15, -0.1) is 0 Å². The van der Waals surface area contributed by atoms with Gasteiger partial charge in [0.2, 0.25) is 0 Å². The van der Waals surface area contributed by atoms with Crippen LogP contribution in [0.1, 0.15) is 37.7 Å². The molecular formula is C17H23N3OS. The molecule has 2 rings (SSSR count). The van der Waals surface area contributed by atoms with Crippen molar-refractivity contribution in [2.45, 2.75) is 38.1 Å². The fraction of sp³-hybridized carbons (Fsp3) is 0.412. The quantitative estimate of drug-likeness (QED) is 0.365. The minimum Gasteiger partial charge on any atom is -0.490 e. The molecule has 4 nitrogen and oxygen atoms in total. The molecule has 1 aromatic carbocycles. The van der Waals surface area contributed by atoms with Gasteiger partial charge in [-0.25, -0.2) is 0 Å². The van der Waals surface area contributed by atoms with Gasteiger partial charge < -0.3 is 10.1 Å². The molecule has 2 N–H and O–H groups in total. The third-order valence-corrected chi connectivity index (χ3v) is 3.78. The lowest BCUT2D eigenvalue weighted by molar-refractivity contribution is 0.363. The number of rotatable bonds is 6. The molecule has 0 spiro atoms. The molecule has 1 aromatic rings. The van der Waals surface area contributed by atoms with Crippen LogP contribution < -0.4 is 15.5 Å². The molecule has 1 saturated carbocycles. The predicted octanol–water partition coefficient (Wildman–Crippen LogP) is 3.38. The summed E-state index contributed by atoms with van der Waals surface area (Å²) in [6, 6.07) is 8.19. The van der Waals surface area contributed by atoms with Gasteiger partial charge in [-0.3, -0.25) is 5.43 Å². The van der Waals surface area contributed by atoms with Gasteiger partial charge >= 0.3 is 0 Å². The van der Waals surface area contributed by atoms with E-state index in [2.05, 4.69) is 22.4 Å². The van der Waals surface area contributed by atoms with Crippen LogP contribution in [0.2, 0.25) is 0 Å². The van der Waals surface area contributed by atoms with Crippen LogP contribution in [-0.2, 0) is 0 Å². The highest BCUT2D eigenvalue weighted by Crippen LogP contribution is 2.17. The average Bonchev–Trinajstić information content (AvgIpc) is 2.55. The summed E-state index contributed by atoms with van der Waals surface area (Å²) in [6.45, 7) is 4.13. The van der Waals surface area contributed by atoms with Crippen LogP contribution in [0.25, 0.3) is 0 Å². The molecule has 0 heterocycles. The SMILES string of the molecule is C=CCOc1ccc(/C=N\NC(=S)NC2CCCCC2)cc1. The summed E-state index contributed by atoms with van der Waals surface area (Å²) in [6.07, 6.45) is 9.75. The van der Waals surface area contributed by atoms with Crippen molar-refractivity contribution in [3.05, 3.63) is 42.5 Å². The van der Waals surface area contributed by atoms with E-state index in [1.807, 2.05) is 24.3 Å². The summed E-state index contributed by atoms with van der Waals surface area (Å²) < 4.78 is 5.43. The molecular weight excluding hydrogens is 294 g/mol. The van der Waals surface area contributed by atoms with Crippen LogP contribution >= 0.6 is 12.2 Å². The fourth-order valence-electron chi connectivity index (χ4n) is 2.44. The summed E-state index contributed by atoms with van der Waals surface area (Å²) in [4.78, 5) is 0. The maximum Gasteiger partial charge on any atom is 0.187 e. The lowest BCUT2D eigenvalue weighted by Gasteiger charge is -2.23. The van der Waals surface area contributed by atoms with E-state index in [1.165, 1.54) is 32.1 Å². The van der Waals surface area contributed by atoms with Crippen LogP contribution in [0.15, 0.2) is 42.0 Å². The van der Waals surface area contributed by atoms with Gasteiger partial charge in [0.25, 0.3) is 0 Å². The fourth-order valence-corrected chi connectivity index (χ4v) is 2.65. The summed E-state index contributed by atoms with van der Waals surface area (Å²) in [5.74, 6) is 0.819. The Kier molecular flexibility index (Phi) is 6.90. The molecule has 118 valence electrons. The first-order chi connectivity index (χ1) is 10.8. The van der Waals surface area contributed by atoms with Crippen LogP contribution in [0.4, 0.5) is 0 Å². The largest absolute Gasteiger partial charge is 0.490 e. The van der Waals surface area contributed by atoms with E-state index in [0.717, 1.165) is 11.3 Å². The molecule has 0 atom stereocenters. The van der Waals surface area contributed by atoms with Gasteiger partial charge in [-0.2, -0.15) is 5.10 Å². The number of hydrogen-bond donors (Lipinski definition) is 2. The second-order valence-corrected chi connectivity index (χ2v) is 5.76. The van der Waals surface area contributed by atoms with E-state index in [1.54, 1.807) is 12.3 Å². The summed E-state index contributed by atoms with van der Waals surface area (Å²) in [5.41, 5.74) is 3.86. The molecule has 0 bridgehead atoms. The first-order valence-corrected chi connectivity index (χ1v) is 8.12. The molecule has 1 aliphatic carbocycles. The molecule has 0 unspecified atom stereocenters. The lowest BCUT2D eigenvalue weighted by Crippen LogP contribution is -2.40. The van der Waals surface area contributed by atoms with E-state index in [9.17, 15) is 0 Å². The second-order valence-electron chi connectivity index (χ2n) is 5.35. The highest BCUT2D eigenvalue weighted by molar-refractivity contribution is 7.80. The van der Waals surface area contributed by atoms with E-state index in [0.29, 0.717) is 17.8 Å². The van der Waals surface area contributed by atoms with Crippen LogP contribution in [0.3, 0.4) is 0 Å². The third kappa shape index (κ3) is 5.85. The standard InChI is InChI=1S/C17H23N3OS/c1-2-12-21-16-10-8-14(9-11-16)13-18-20-17(22)19-15-6-4-3-5-7-15/h2,8-11,13,15H,1,3-7,12H2,(H2,19,20,22)/b18-13-. The predicted molar refractivity (Wildman–Crippen MR) is 95.5 cm³/mol. The third-order valence-electron chi connectivity index (χ3n) is 3.57. The maximum atomic E-state index is 5.43. The van der Waals surface area contributed by atoms with Crippen molar-refractivity contribution in [2.75, 3.05) is 6.61 Å². The maximum absolute atomic E-state index is 5.43. The van der Waals surface area contributed by atoms with Gasteiger partial charge in [-0.05, 0) is 54.9 Å². The minimum atomic E-state index is 0.491. The Morgan fingerprint density at radius 1 is 1.27 bits per heavy atom. The van der Waals surface area contributed by atoms with E-state index < -0.39 is 0 Å². The van der Waals surface area contributed by atoms with Gasteiger partial charge in [-0.1, -0.05) is 31.9 Å². The lowest BCUT2D eigenvalue weighted by atomic mass is 9.96. The molecule has 0 aliphatic heterocycles. The normalized spacial score (nSPS) is 15.5. The molecule has 5 heteroatoms. The Balaban J connectivity index is 1.74. The van der Waals surface area contributed by atoms with Crippen molar-refractivity contribution in [2.24, 2.45) is 5.10 Å². The van der Waals surface area contributed by atoms with Gasteiger partial charge in [0.1, 0.15) is 12.4 Å². The highest BCUT2D eigenvalue weighted by atomic mass is 32.1. The molecule has 1 aliphatic rings. The van der Waals surface area contributed by atoms with Crippen molar-refractivity contribution in [1.29, 1.82) is 0 Å². The number of benzene rings is 1. The van der Waals surface area contributed by atoms with Crippen LogP contribution in [-0.4, -0.2) is 24.0 Å². The van der Waals surface area contributed by atoms with Gasteiger partial charge in [0, 0.05) is 6.04 Å². The zero-order valence-corrected chi connectivity index (χ0v) is 13.6. The van der Waals surface area contributed by atoms with E-state index in [4.69, 9.17) is 17.0 Å². The van der Waals surface area contributed by atoms with E-state index >= 15 is 0 Å². The molecule has 0 amide bonds. The van der Waals surface area contributed by atoms with Crippen LogP contribution in [0, 0.1) is 0 Å². The summed E-state index contributed by atoms with van der Waals surface area (Å²) in [5, 5.41) is 8.07. The number of ether oxygens (including phenoxy) is 1. The number of nitrogens with one attached hydrogen (secondary N) is 2. The van der Waals surface area contributed by atoms with Gasteiger partial charge in [0.05, 0.1) is 6.21 Å². The van der Waals surface area contributed by atoms with Crippen molar-refractivity contribution in [3.63, 3.8) is 0 Å². The number of hydrazone groups is 1. The Morgan fingerprint density at radius 3 is 2.68 bits per heavy atom. The minimum absolute atomic E-state index is 0.491. The first-order valence-electron chi connectivity index (χ1n) is 7.71. The Morgan fingerprint density at radius 2 is 2.00 bits per heavy atom. The topological polar surface area (TPSA) is 45.6 Å². The number of thiocarbonyl (C=S) groups is 1. The number of hydrogen-bond acceptors (Lipinski definition) is 3. The zero-order valence-electron chi connectivity index (χ0n) is 12.8. The molecule has 0 aromatic heterocycles. The first kappa shape index (κ1) is 16.5. The highest BCUT2D eigenvalue weighted by Gasteiger charge is 2.13. The van der Waals surface area contributed by atoms with E-state index in [-0.39, 0.29) is 0 Å². The summed E-state index contributed by atoms with van der Waals surface area (Å²) >= 11 is 5.25. The van der Waals surface area contributed by atoms with Crippen molar-refractivity contribution >= 4 is 23.5 Å². The Hall–Kier alpha value is -1.88. The Labute approximate surface area is 137 Å². The second kappa shape index (κ2) is 9.20. The average molecular weight is 317 g/mol.